The van der Waals surface area contributed by atoms with E-state index in [0.717, 1.165) is 11.1 Å². The Labute approximate surface area is 163 Å². The summed E-state index contributed by atoms with van der Waals surface area (Å²) >= 11 is 0. The van der Waals surface area contributed by atoms with Gasteiger partial charge in [-0.3, -0.25) is 5.32 Å². The first kappa shape index (κ1) is 17.9. The van der Waals surface area contributed by atoms with E-state index in [1.165, 1.54) is 23.3 Å². The highest BCUT2D eigenvalue weighted by atomic mass is 16.5. The number of benzene rings is 3. The number of hydrogen-bond donors (Lipinski definition) is 2. The van der Waals surface area contributed by atoms with Gasteiger partial charge in [-0.15, -0.1) is 0 Å². The van der Waals surface area contributed by atoms with E-state index in [0.29, 0.717) is 18.0 Å². The van der Waals surface area contributed by atoms with Crippen LogP contribution in [0.25, 0.3) is 11.1 Å². The second-order valence-electron chi connectivity index (χ2n) is 6.56. The van der Waals surface area contributed by atoms with Gasteiger partial charge < -0.3 is 14.6 Å². The minimum Gasteiger partial charge on any atom is -0.508 e. The van der Waals surface area contributed by atoms with E-state index in [1.54, 1.807) is 6.07 Å². The predicted molar refractivity (Wildman–Crippen MR) is 108 cm³/mol. The van der Waals surface area contributed by atoms with Crippen molar-refractivity contribution >= 4 is 11.8 Å². The number of phenolic OH excluding ortho intramolecular Hbond substituents is 1. The Balaban J connectivity index is 1.49. The van der Waals surface area contributed by atoms with Gasteiger partial charge in [0.1, 0.15) is 18.1 Å². The highest BCUT2D eigenvalue weighted by molar-refractivity contribution is 5.87. The number of nitrogens with one attached hydrogen (secondary N) is 1. The molecule has 1 aliphatic rings. The molecule has 3 aromatic carbocycles. The summed E-state index contributed by atoms with van der Waals surface area (Å²) in [6, 6.07) is 20.9. The molecule has 0 saturated carbocycles. The molecular weight excluding hydrogens is 354 g/mol. The molecule has 0 bridgehead atoms. The largest absolute Gasteiger partial charge is 0.508 e. The molecule has 142 valence electrons. The van der Waals surface area contributed by atoms with Crippen molar-refractivity contribution in [1.29, 1.82) is 0 Å². The smallest absolute Gasteiger partial charge is 0.411 e. The maximum atomic E-state index is 12.4. The van der Waals surface area contributed by atoms with Crippen LogP contribution in [0.3, 0.4) is 0 Å². The Morgan fingerprint density at radius 2 is 1.64 bits per heavy atom. The molecule has 4 rings (SSSR count). The van der Waals surface area contributed by atoms with Crippen molar-refractivity contribution in [2.45, 2.75) is 12.8 Å². The Kier molecular flexibility index (Phi) is 4.89. The number of anilines is 1. The fraction of sp³-hybridized carbons (Fsp3) is 0.174. The molecule has 1 aliphatic carbocycles. The lowest BCUT2D eigenvalue weighted by Crippen LogP contribution is -2.18. The van der Waals surface area contributed by atoms with Crippen LogP contribution in [0, 0.1) is 0 Å². The maximum Gasteiger partial charge on any atom is 0.411 e. The zero-order valence-electron chi connectivity index (χ0n) is 15.5. The maximum absolute atomic E-state index is 12.4. The summed E-state index contributed by atoms with van der Waals surface area (Å²) in [7, 11) is 0. The van der Waals surface area contributed by atoms with E-state index in [-0.39, 0.29) is 18.3 Å². The third-order valence-electron chi connectivity index (χ3n) is 4.85. The minimum atomic E-state index is -0.562. The van der Waals surface area contributed by atoms with Crippen molar-refractivity contribution < 1.29 is 19.4 Å². The number of carbonyl (C=O) groups excluding carboxylic acids is 1. The van der Waals surface area contributed by atoms with Crippen molar-refractivity contribution in [2.75, 3.05) is 18.5 Å². The van der Waals surface area contributed by atoms with E-state index >= 15 is 0 Å². The van der Waals surface area contributed by atoms with Crippen molar-refractivity contribution in [3.05, 3.63) is 77.9 Å². The molecule has 5 heteroatoms. The molecular formula is C23H21NO4. The molecule has 0 saturated heterocycles. The van der Waals surface area contributed by atoms with E-state index < -0.39 is 6.09 Å². The van der Waals surface area contributed by atoms with Crippen LogP contribution in [0.4, 0.5) is 10.5 Å². The summed E-state index contributed by atoms with van der Waals surface area (Å²) in [6.07, 6.45) is -0.562. The number of rotatable bonds is 5. The van der Waals surface area contributed by atoms with Crippen LogP contribution in [-0.2, 0) is 4.74 Å². The van der Waals surface area contributed by atoms with Crippen LogP contribution in [0.5, 0.6) is 11.5 Å². The Hall–Kier alpha value is -3.47. The van der Waals surface area contributed by atoms with E-state index in [1.807, 2.05) is 31.2 Å². The fourth-order valence-electron chi connectivity index (χ4n) is 3.63. The van der Waals surface area contributed by atoms with Gasteiger partial charge in [0.2, 0.25) is 0 Å². The van der Waals surface area contributed by atoms with E-state index in [2.05, 4.69) is 29.6 Å². The van der Waals surface area contributed by atoms with Gasteiger partial charge in [0.15, 0.2) is 0 Å². The molecule has 0 atom stereocenters. The zero-order valence-corrected chi connectivity index (χ0v) is 15.5. The molecule has 3 aromatic rings. The van der Waals surface area contributed by atoms with Gasteiger partial charge in [0.05, 0.1) is 12.3 Å². The molecule has 0 spiro atoms. The van der Waals surface area contributed by atoms with Gasteiger partial charge >= 0.3 is 6.09 Å². The average molecular weight is 375 g/mol. The van der Waals surface area contributed by atoms with Gasteiger partial charge in [-0.05, 0) is 41.3 Å². The van der Waals surface area contributed by atoms with Crippen LogP contribution in [-0.4, -0.2) is 24.4 Å². The summed E-state index contributed by atoms with van der Waals surface area (Å²) in [5.74, 6) is 0.474. The summed E-state index contributed by atoms with van der Waals surface area (Å²) in [5.41, 5.74) is 5.15. The lowest BCUT2D eigenvalue weighted by atomic mass is 9.98. The first-order valence-corrected chi connectivity index (χ1v) is 9.25. The van der Waals surface area contributed by atoms with Crippen LogP contribution in [0.15, 0.2) is 66.7 Å². The zero-order chi connectivity index (χ0) is 19.5. The lowest BCUT2D eigenvalue weighted by molar-refractivity contribution is 0.158. The quantitative estimate of drug-likeness (QED) is 0.605. The molecule has 0 fully saturated rings. The average Bonchev–Trinajstić information content (AvgIpc) is 3.03. The number of carbonyl (C=O) groups is 1. The monoisotopic (exact) mass is 375 g/mol. The molecule has 1 amide bonds. The fourth-order valence-corrected chi connectivity index (χ4v) is 3.63. The Bertz CT molecular complexity index is 969. The van der Waals surface area contributed by atoms with Gasteiger partial charge in [-0.25, -0.2) is 4.79 Å². The minimum absolute atomic E-state index is 0.00401. The second-order valence-corrected chi connectivity index (χ2v) is 6.56. The molecule has 28 heavy (non-hydrogen) atoms. The van der Waals surface area contributed by atoms with Crippen molar-refractivity contribution in [3.8, 4) is 22.6 Å². The van der Waals surface area contributed by atoms with Gasteiger partial charge in [0, 0.05) is 12.0 Å². The molecule has 0 unspecified atom stereocenters. The molecule has 0 radical (unpaired) electrons. The second kappa shape index (κ2) is 7.64. The predicted octanol–water partition coefficient (Wildman–Crippen LogP) is 5.15. The standard InChI is InChI=1S/C23H21NO4/c1-2-27-22-13-15(25)11-12-21(22)24-23(26)28-14-20-18-9-5-3-7-16(18)17-8-4-6-10-19(17)20/h3-13,20,25H,2,14H2,1H3,(H,24,26). The van der Waals surface area contributed by atoms with Gasteiger partial charge in [-0.2, -0.15) is 0 Å². The first-order chi connectivity index (χ1) is 13.7. The van der Waals surface area contributed by atoms with Crippen LogP contribution < -0.4 is 10.1 Å². The molecule has 0 heterocycles. The number of aromatic hydroxyl groups is 1. The van der Waals surface area contributed by atoms with Gasteiger partial charge in [-0.1, -0.05) is 48.5 Å². The Morgan fingerprint density at radius 1 is 1.00 bits per heavy atom. The number of fused-ring (bicyclic) bond motifs is 3. The number of amides is 1. The SMILES string of the molecule is CCOc1cc(O)ccc1NC(=O)OCC1c2ccccc2-c2ccccc21. The number of ether oxygens (including phenoxy) is 2. The van der Waals surface area contributed by atoms with Crippen LogP contribution in [0.1, 0.15) is 24.0 Å². The van der Waals surface area contributed by atoms with Crippen LogP contribution >= 0.6 is 0 Å². The molecule has 0 aliphatic heterocycles. The summed E-state index contributed by atoms with van der Waals surface area (Å²) < 4.78 is 11.0. The summed E-state index contributed by atoms with van der Waals surface area (Å²) in [4.78, 5) is 12.4. The Morgan fingerprint density at radius 3 is 2.29 bits per heavy atom. The third kappa shape index (κ3) is 3.39. The highest BCUT2D eigenvalue weighted by Gasteiger charge is 2.29. The van der Waals surface area contributed by atoms with Gasteiger partial charge in [0.25, 0.3) is 0 Å². The molecule has 0 aromatic heterocycles. The number of hydrogen-bond acceptors (Lipinski definition) is 4. The van der Waals surface area contributed by atoms with Crippen molar-refractivity contribution in [1.82, 2.24) is 0 Å². The normalized spacial score (nSPS) is 12.2. The number of phenols is 1. The lowest BCUT2D eigenvalue weighted by Gasteiger charge is -2.16. The van der Waals surface area contributed by atoms with Crippen molar-refractivity contribution in [2.24, 2.45) is 0 Å². The summed E-state index contributed by atoms with van der Waals surface area (Å²) in [5, 5.41) is 12.3. The highest BCUT2D eigenvalue weighted by Crippen LogP contribution is 2.44. The first-order valence-electron chi connectivity index (χ1n) is 9.25. The van der Waals surface area contributed by atoms with E-state index in [4.69, 9.17) is 9.47 Å². The van der Waals surface area contributed by atoms with Crippen molar-refractivity contribution in [3.63, 3.8) is 0 Å². The summed E-state index contributed by atoms with van der Waals surface area (Å²) in [6.45, 7) is 2.49. The topological polar surface area (TPSA) is 67.8 Å². The van der Waals surface area contributed by atoms with Crippen LogP contribution in [0.2, 0.25) is 0 Å². The molecule has 5 nitrogen and oxygen atoms in total. The molecule has 2 N–H and O–H groups in total. The third-order valence-corrected chi connectivity index (χ3v) is 4.85. The van der Waals surface area contributed by atoms with E-state index in [9.17, 15) is 9.90 Å².